The number of nitrogens with one attached hydrogen (secondary N) is 2. The molecule has 6 heteroatoms. The molecule has 0 saturated heterocycles. The number of hydrogen-bond acceptors (Lipinski definition) is 4. The summed E-state index contributed by atoms with van der Waals surface area (Å²) in [5, 5.41) is 7.89. The SMILES string of the molecule is COc1ccc(C(=O)N/C(=C\c2ccco2)C(=O)Nc2ccc3c4c(cccc24)CC3)cc1. The Bertz CT molecular complexity index is 1360. The van der Waals surface area contributed by atoms with Crippen LogP contribution in [0.1, 0.15) is 27.2 Å². The van der Waals surface area contributed by atoms with E-state index in [1.165, 1.54) is 28.9 Å². The summed E-state index contributed by atoms with van der Waals surface area (Å²) in [6.45, 7) is 0. The van der Waals surface area contributed by atoms with E-state index in [9.17, 15) is 9.59 Å². The van der Waals surface area contributed by atoms with Crippen molar-refractivity contribution in [3.63, 3.8) is 0 Å². The third-order valence-corrected chi connectivity index (χ3v) is 5.80. The first-order valence-corrected chi connectivity index (χ1v) is 10.7. The highest BCUT2D eigenvalue weighted by atomic mass is 16.5. The van der Waals surface area contributed by atoms with E-state index in [1.54, 1.807) is 43.5 Å². The Hall–Kier alpha value is -4.32. The van der Waals surface area contributed by atoms with Crippen molar-refractivity contribution in [2.75, 3.05) is 12.4 Å². The molecule has 0 spiro atoms. The lowest BCUT2D eigenvalue weighted by Crippen LogP contribution is -2.30. The van der Waals surface area contributed by atoms with Gasteiger partial charge in [0.2, 0.25) is 0 Å². The molecule has 0 fully saturated rings. The highest BCUT2D eigenvalue weighted by Gasteiger charge is 2.19. The smallest absolute Gasteiger partial charge is 0.272 e. The van der Waals surface area contributed by atoms with Gasteiger partial charge in [-0.2, -0.15) is 0 Å². The predicted octanol–water partition coefficient (Wildman–Crippen LogP) is 4.95. The number of benzene rings is 3. The molecular weight excluding hydrogens is 416 g/mol. The summed E-state index contributed by atoms with van der Waals surface area (Å²) >= 11 is 0. The molecule has 0 atom stereocenters. The molecule has 5 rings (SSSR count). The average Bonchev–Trinajstić information content (AvgIpc) is 3.51. The Balaban J connectivity index is 1.44. The molecule has 33 heavy (non-hydrogen) atoms. The van der Waals surface area contributed by atoms with Gasteiger partial charge < -0.3 is 19.8 Å². The van der Waals surface area contributed by atoms with Crippen LogP contribution >= 0.6 is 0 Å². The number of rotatable bonds is 6. The van der Waals surface area contributed by atoms with Crippen LogP contribution in [0.4, 0.5) is 5.69 Å². The second-order valence-corrected chi connectivity index (χ2v) is 7.82. The van der Waals surface area contributed by atoms with Gasteiger partial charge in [0.25, 0.3) is 11.8 Å². The van der Waals surface area contributed by atoms with Gasteiger partial charge >= 0.3 is 0 Å². The fraction of sp³-hybridized carbons (Fsp3) is 0.111. The molecule has 1 heterocycles. The molecule has 0 bridgehead atoms. The summed E-state index contributed by atoms with van der Waals surface area (Å²) in [5.74, 6) is 0.247. The van der Waals surface area contributed by atoms with E-state index in [4.69, 9.17) is 9.15 Å². The molecular formula is C27H22N2O4. The van der Waals surface area contributed by atoms with E-state index < -0.39 is 11.8 Å². The lowest BCUT2D eigenvalue weighted by molar-refractivity contribution is -0.113. The minimum absolute atomic E-state index is 0.0778. The highest BCUT2D eigenvalue weighted by Crippen LogP contribution is 2.35. The topological polar surface area (TPSA) is 80.6 Å². The van der Waals surface area contributed by atoms with Gasteiger partial charge in [-0.05, 0) is 71.8 Å². The number of ether oxygens (including phenoxy) is 1. The van der Waals surface area contributed by atoms with Crippen LogP contribution in [0.25, 0.3) is 16.8 Å². The average molecular weight is 438 g/mol. The molecule has 1 aliphatic rings. The number of aryl methyl sites for hydroxylation is 2. The maximum atomic E-state index is 13.3. The first kappa shape index (κ1) is 20.6. The Morgan fingerprint density at radius 2 is 1.73 bits per heavy atom. The summed E-state index contributed by atoms with van der Waals surface area (Å²) in [7, 11) is 1.56. The van der Waals surface area contributed by atoms with E-state index in [0.29, 0.717) is 22.8 Å². The van der Waals surface area contributed by atoms with E-state index in [2.05, 4.69) is 22.8 Å². The predicted molar refractivity (Wildman–Crippen MR) is 127 cm³/mol. The zero-order valence-electron chi connectivity index (χ0n) is 18.1. The summed E-state index contributed by atoms with van der Waals surface area (Å²) in [6.07, 6.45) is 5.03. The quantitative estimate of drug-likeness (QED) is 0.418. The number of hydrogen-bond donors (Lipinski definition) is 2. The third kappa shape index (κ3) is 4.11. The molecule has 0 radical (unpaired) electrons. The van der Waals surface area contributed by atoms with E-state index in [0.717, 1.165) is 18.2 Å². The van der Waals surface area contributed by atoms with Gasteiger partial charge in [-0.3, -0.25) is 9.59 Å². The fourth-order valence-corrected chi connectivity index (χ4v) is 4.16. The Morgan fingerprint density at radius 1 is 0.939 bits per heavy atom. The van der Waals surface area contributed by atoms with Gasteiger partial charge in [0.05, 0.1) is 13.4 Å². The standard InChI is InChI=1S/C27H22N2O4/c1-32-20-12-9-19(10-13-20)26(30)29-24(16-21-5-3-15-33-21)27(31)28-23-14-11-18-8-7-17-4-2-6-22(23)25(17)18/h2-6,9-16H,7-8H2,1H3,(H,28,31)(H,29,30)/b24-16-. The molecule has 0 unspecified atom stereocenters. The van der Waals surface area contributed by atoms with Gasteiger partial charge in [0.1, 0.15) is 17.2 Å². The number of carbonyl (C=O) groups is 2. The molecule has 6 nitrogen and oxygen atoms in total. The highest BCUT2D eigenvalue weighted by molar-refractivity contribution is 6.14. The number of carbonyl (C=O) groups excluding carboxylic acids is 2. The van der Waals surface area contributed by atoms with Crippen LogP contribution in [-0.2, 0) is 17.6 Å². The maximum Gasteiger partial charge on any atom is 0.272 e. The van der Waals surface area contributed by atoms with E-state index >= 15 is 0 Å². The zero-order valence-corrected chi connectivity index (χ0v) is 18.1. The molecule has 3 aromatic carbocycles. The van der Waals surface area contributed by atoms with Crippen molar-refractivity contribution < 1.29 is 18.7 Å². The molecule has 1 aliphatic carbocycles. The molecule has 164 valence electrons. The van der Waals surface area contributed by atoms with Crippen LogP contribution in [-0.4, -0.2) is 18.9 Å². The zero-order chi connectivity index (χ0) is 22.8. The van der Waals surface area contributed by atoms with Crippen LogP contribution in [0.5, 0.6) is 5.75 Å². The minimum Gasteiger partial charge on any atom is -0.497 e. The van der Waals surface area contributed by atoms with Crippen molar-refractivity contribution in [2.24, 2.45) is 0 Å². The largest absolute Gasteiger partial charge is 0.497 e. The van der Waals surface area contributed by atoms with Crippen molar-refractivity contribution in [3.05, 3.63) is 101 Å². The normalized spacial score (nSPS) is 12.6. The number of amides is 2. The number of furan rings is 1. The van der Waals surface area contributed by atoms with Crippen molar-refractivity contribution in [1.29, 1.82) is 0 Å². The first-order chi connectivity index (χ1) is 16.1. The van der Waals surface area contributed by atoms with Crippen molar-refractivity contribution in [3.8, 4) is 5.75 Å². The molecule has 0 aliphatic heterocycles. The molecule has 4 aromatic rings. The van der Waals surface area contributed by atoms with E-state index in [1.807, 2.05) is 18.2 Å². The summed E-state index contributed by atoms with van der Waals surface area (Å²) in [5.41, 5.74) is 3.76. The van der Waals surface area contributed by atoms with Crippen molar-refractivity contribution >= 4 is 34.4 Å². The lowest BCUT2D eigenvalue weighted by atomic mass is 10.0. The van der Waals surface area contributed by atoms with Crippen molar-refractivity contribution in [1.82, 2.24) is 5.32 Å². The van der Waals surface area contributed by atoms with Crippen LogP contribution in [0.3, 0.4) is 0 Å². The van der Waals surface area contributed by atoms with Gasteiger partial charge in [0.15, 0.2) is 0 Å². The van der Waals surface area contributed by atoms with Crippen LogP contribution in [0.2, 0.25) is 0 Å². The summed E-state index contributed by atoms with van der Waals surface area (Å²) in [6, 6.07) is 20.2. The molecule has 1 aromatic heterocycles. The van der Waals surface area contributed by atoms with E-state index in [-0.39, 0.29) is 5.70 Å². The fourth-order valence-electron chi connectivity index (χ4n) is 4.16. The Labute approximate surface area is 190 Å². The molecule has 2 N–H and O–H groups in total. The van der Waals surface area contributed by atoms with Gasteiger partial charge in [-0.1, -0.05) is 24.3 Å². The van der Waals surface area contributed by atoms with Gasteiger partial charge in [-0.15, -0.1) is 0 Å². The van der Waals surface area contributed by atoms with Gasteiger partial charge in [-0.25, -0.2) is 0 Å². The number of methoxy groups -OCH3 is 1. The lowest BCUT2D eigenvalue weighted by Gasteiger charge is -2.13. The molecule has 2 amide bonds. The molecule has 0 saturated carbocycles. The maximum absolute atomic E-state index is 13.3. The van der Waals surface area contributed by atoms with Crippen LogP contribution in [0.15, 0.2) is 83.1 Å². The summed E-state index contributed by atoms with van der Waals surface area (Å²) < 4.78 is 10.5. The summed E-state index contributed by atoms with van der Waals surface area (Å²) in [4.78, 5) is 26.1. The van der Waals surface area contributed by atoms with Crippen molar-refractivity contribution in [2.45, 2.75) is 12.8 Å². The van der Waals surface area contributed by atoms with Crippen LogP contribution < -0.4 is 15.4 Å². The second kappa shape index (κ2) is 8.67. The first-order valence-electron chi connectivity index (χ1n) is 10.7. The third-order valence-electron chi connectivity index (χ3n) is 5.80. The Kier molecular flexibility index (Phi) is 5.40. The van der Waals surface area contributed by atoms with Crippen LogP contribution in [0, 0.1) is 0 Å². The second-order valence-electron chi connectivity index (χ2n) is 7.82. The number of anilines is 1. The monoisotopic (exact) mass is 438 g/mol. The Morgan fingerprint density at radius 3 is 2.45 bits per heavy atom. The minimum atomic E-state index is -0.438. The van der Waals surface area contributed by atoms with Gasteiger partial charge in [0, 0.05) is 22.7 Å².